The molecule has 1 aromatic rings. The van der Waals surface area contributed by atoms with E-state index >= 15 is 0 Å². The van der Waals surface area contributed by atoms with Crippen molar-refractivity contribution >= 4 is 15.9 Å². The average molecular weight is 189 g/mol. The van der Waals surface area contributed by atoms with Crippen LogP contribution in [0.25, 0.3) is 0 Å². The Morgan fingerprint density at radius 2 is 2.44 bits per heavy atom. The van der Waals surface area contributed by atoms with Gasteiger partial charge in [0, 0.05) is 13.5 Å². The van der Waals surface area contributed by atoms with Crippen molar-refractivity contribution in [3.8, 4) is 0 Å². The summed E-state index contributed by atoms with van der Waals surface area (Å²) in [5.74, 6) is 1.11. The largest absolute Gasteiger partial charge is 0.326 e. The molecule has 0 aliphatic rings. The van der Waals surface area contributed by atoms with Gasteiger partial charge in [-0.1, -0.05) is 6.92 Å². The summed E-state index contributed by atoms with van der Waals surface area (Å²) in [6, 6.07) is 0. The molecule has 0 aromatic carbocycles. The summed E-state index contributed by atoms with van der Waals surface area (Å²) >= 11 is 3.36. The Bertz CT molecular complexity index is 205. The first kappa shape index (κ1) is 6.81. The predicted octanol–water partition coefficient (Wildman–Crippen LogP) is 1.75. The van der Waals surface area contributed by atoms with Gasteiger partial charge in [0.1, 0.15) is 10.4 Å². The standard InChI is InChI=1S/C6H9BrN2/c1-3-6-8-4-5(7)9(6)2/h4H,3H2,1-2H3. The number of aryl methyl sites for hydroxylation is 1. The molecule has 1 aromatic heterocycles. The molecule has 0 saturated carbocycles. The van der Waals surface area contributed by atoms with Crippen molar-refractivity contribution in [2.24, 2.45) is 7.05 Å². The van der Waals surface area contributed by atoms with Crippen LogP contribution in [-0.4, -0.2) is 9.55 Å². The van der Waals surface area contributed by atoms with Gasteiger partial charge in [-0.15, -0.1) is 0 Å². The van der Waals surface area contributed by atoms with Crippen LogP contribution in [0.2, 0.25) is 0 Å². The molecule has 0 N–H and O–H groups in total. The van der Waals surface area contributed by atoms with E-state index in [0.29, 0.717) is 0 Å². The second-order valence-electron chi connectivity index (χ2n) is 1.91. The molecule has 0 spiro atoms. The number of hydrogen-bond donors (Lipinski definition) is 0. The zero-order chi connectivity index (χ0) is 6.85. The minimum absolute atomic E-state index is 0.988. The first-order chi connectivity index (χ1) is 4.25. The molecule has 3 heteroatoms. The van der Waals surface area contributed by atoms with Gasteiger partial charge in [-0.3, -0.25) is 0 Å². The van der Waals surface area contributed by atoms with Gasteiger partial charge in [0.2, 0.25) is 0 Å². The maximum absolute atomic E-state index is 4.15. The highest BCUT2D eigenvalue weighted by molar-refractivity contribution is 9.10. The van der Waals surface area contributed by atoms with Crippen molar-refractivity contribution in [2.45, 2.75) is 13.3 Å². The third-order valence-corrected chi connectivity index (χ3v) is 2.08. The molecule has 0 radical (unpaired) electrons. The van der Waals surface area contributed by atoms with Crippen LogP contribution in [-0.2, 0) is 13.5 Å². The molecule has 1 rings (SSSR count). The van der Waals surface area contributed by atoms with Gasteiger partial charge < -0.3 is 4.57 Å². The molecule has 0 amide bonds. The van der Waals surface area contributed by atoms with Crippen LogP contribution in [0.3, 0.4) is 0 Å². The number of aromatic nitrogens is 2. The Hall–Kier alpha value is -0.310. The molecular formula is C6H9BrN2. The van der Waals surface area contributed by atoms with E-state index in [1.807, 2.05) is 17.8 Å². The maximum Gasteiger partial charge on any atom is 0.108 e. The second kappa shape index (κ2) is 2.52. The van der Waals surface area contributed by atoms with Crippen molar-refractivity contribution in [2.75, 3.05) is 0 Å². The van der Waals surface area contributed by atoms with Gasteiger partial charge in [0.05, 0.1) is 6.20 Å². The fraction of sp³-hybridized carbons (Fsp3) is 0.500. The summed E-state index contributed by atoms with van der Waals surface area (Å²) in [4.78, 5) is 4.15. The molecule has 0 unspecified atom stereocenters. The number of hydrogen-bond acceptors (Lipinski definition) is 1. The van der Waals surface area contributed by atoms with E-state index in [9.17, 15) is 0 Å². The molecule has 50 valence electrons. The van der Waals surface area contributed by atoms with E-state index in [1.165, 1.54) is 0 Å². The molecule has 0 aliphatic heterocycles. The van der Waals surface area contributed by atoms with Gasteiger partial charge in [0.25, 0.3) is 0 Å². The number of halogens is 1. The van der Waals surface area contributed by atoms with E-state index in [1.54, 1.807) is 0 Å². The fourth-order valence-corrected chi connectivity index (χ4v) is 1.06. The highest BCUT2D eigenvalue weighted by Gasteiger charge is 1.98. The quantitative estimate of drug-likeness (QED) is 0.657. The molecule has 0 bridgehead atoms. The monoisotopic (exact) mass is 188 g/mol. The van der Waals surface area contributed by atoms with Crippen LogP contribution in [0.15, 0.2) is 10.8 Å². The molecule has 2 nitrogen and oxygen atoms in total. The summed E-state index contributed by atoms with van der Waals surface area (Å²) in [5.41, 5.74) is 0. The molecule has 0 aliphatic carbocycles. The lowest BCUT2D eigenvalue weighted by molar-refractivity contribution is 0.794. The second-order valence-corrected chi connectivity index (χ2v) is 2.72. The smallest absolute Gasteiger partial charge is 0.108 e. The van der Waals surface area contributed by atoms with Crippen LogP contribution in [0.1, 0.15) is 12.7 Å². The van der Waals surface area contributed by atoms with E-state index in [2.05, 4.69) is 27.8 Å². The molecule has 0 saturated heterocycles. The first-order valence-electron chi connectivity index (χ1n) is 2.91. The Morgan fingerprint density at radius 3 is 2.67 bits per heavy atom. The third-order valence-electron chi connectivity index (χ3n) is 1.34. The first-order valence-corrected chi connectivity index (χ1v) is 3.71. The van der Waals surface area contributed by atoms with Crippen LogP contribution in [0, 0.1) is 0 Å². The van der Waals surface area contributed by atoms with E-state index in [-0.39, 0.29) is 0 Å². The lowest BCUT2D eigenvalue weighted by Crippen LogP contribution is -1.94. The van der Waals surface area contributed by atoms with Crippen molar-refractivity contribution < 1.29 is 0 Å². The number of imidazole rings is 1. The lowest BCUT2D eigenvalue weighted by Gasteiger charge is -1.96. The van der Waals surface area contributed by atoms with Crippen LogP contribution >= 0.6 is 15.9 Å². The molecule has 0 fully saturated rings. The van der Waals surface area contributed by atoms with E-state index < -0.39 is 0 Å². The highest BCUT2D eigenvalue weighted by Crippen LogP contribution is 2.09. The summed E-state index contributed by atoms with van der Waals surface area (Å²) < 4.78 is 3.07. The summed E-state index contributed by atoms with van der Waals surface area (Å²) in [7, 11) is 2.00. The van der Waals surface area contributed by atoms with E-state index in [4.69, 9.17) is 0 Å². The van der Waals surface area contributed by atoms with Gasteiger partial charge in [-0.25, -0.2) is 4.98 Å². The zero-order valence-electron chi connectivity index (χ0n) is 5.56. The average Bonchev–Trinajstić information content (AvgIpc) is 2.15. The normalized spacial score (nSPS) is 10.1. The van der Waals surface area contributed by atoms with E-state index in [0.717, 1.165) is 16.8 Å². The Kier molecular flexibility index (Phi) is 1.90. The number of nitrogens with zero attached hydrogens (tertiary/aromatic N) is 2. The molecule has 0 atom stereocenters. The van der Waals surface area contributed by atoms with Gasteiger partial charge in [0.15, 0.2) is 0 Å². The molecule has 9 heavy (non-hydrogen) atoms. The minimum Gasteiger partial charge on any atom is -0.326 e. The molecule has 1 heterocycles. The Morgan fingerprint density at radius 1 is 1.78 bits per heavy atom. The Labute approximate surface area is 63.0 Å². The third kappa shape index (κ3) is 1.15. The lowest BCUT2D eigenvalue weighted by atomic mass is 10.5. The SMILES string of the molecule is CCc1ncc(Br)n1C. The fourth-order valence-electron chi connectivity index (χ4n) is 0.753. The van der Waals surface area contributed by atoms with Crippen molar-refractivity contribution in [1.82, 2.24) is 9.55 Å². The summed E-state index contributed by atoms with van der Waals surface area (Å²) in [5, 5.41) is 0. The minimum atomic E-state index is 0.988. The van der Waals surface area contributed by atoms with Crippen LogP contribution in [0.5, 0.6) is 0 Å². The maximum atomic E-state index is 4.15. The molecular weight excluding hydrogens is 180 g/mol. The zero-order valence-corrected chi connectivity index (χ0v) is 7.14. The van der Waals surface area contributed by atoms with Gasteiger partial charge >= 0.3 is 0 Å². The van der Waals surface area contributed by atoms with Crippen molar-refractivity contribution in [3.63, 3.8) is 0 Å². The topological polar surface area (TPSA) is 17.8 Å². The van der Waals surface area contributed by atoms with Crippen LogP contribution < -0.4 is 0 Å². The van der Waals surface area contributed by atoms with Gasteiger partial charge in [-0.05, 0) is 15.9 Å². The van der Waals surface area contributed by atoms with Crippen LogP contribution in [0.4, 0.5) is 0 Å². The Balaban J connectivity index is 3.04. The highest BCUT2D eigenvalue weighted by atomic mass is 79.9. The predicted molar refractivity (Wildman–Crippen MR) is 40.3 cm³/mol. The van der Waals surface area contributed by atoms with Crippen molar-refractivity contribution in [3.05, 3.63) is 16.6 Å². The van der Waals surface area contributed by atoms with Crippen molar-refractivity contribution in [1.29, 1.82) is 0 Å². The summed E-state index contributed by atoms with van der Waals surface area (Å²) in [6.07, 6.45) is 2.81. The summed E-state index contributed by atoms with van der Waals surface area (Å²) in [6.45, 7) is 2.09. The number of rotatable bonds is 1. The van der Waals surface area contributed by atoms with Gasteiger partial charge in [-0.2, -0.15) is 0 Å².